The van der Waals surface area contributed by atoms with Crippen molar-refractivity contribution in [3.63, 3.8) is 0 Å². The van der Waals surface area contributed by atoms with Crippen molar-refractivity contribution in [1.29, 1.82) is 0 Å². The van der Waals surface area contributed by atoms with E-state index in [-0.39, 0.29) is 0 Å². The minimum Gasteiger partial charge on any atom is -0.380 e. The van der Waals surface area contributed by atoms with E-state index in [9.17, 15) is 0 Å². The van der Waals surface area contributed by atoms with E-state index in [0.717, 1.165) is 25.5 Å². The van der Waals surface area contributed by atoms with E-state index in [1.807, 2.05) is 4.57 Å². The van der Waals surface area contributed by atoms with Crippen LogP contribution in [0.25, 0.3) is 0 Å². The molecular weight excluding hydrogens is 240 g/mol. The predicted octanol–water partition coefficient (Wildman–Crippen LogP) is 1.73. The molecule has 0 unspecified atom stereocenters. The van der Waals surface area contributed by atoms with Gasteiger partial charge in [0.15, 0.2) is 0 Å². The summed E-state index contributed by atoms with van der Waals surface area (Å²) in [5, 5.41) is 11.4. The maximum absolute atomic E-state index is 5.13. The molecular formula is C14H20N4O. The smallest absolute Gasteiger partial charge is 0.146 e. The highest BCUT2D eigenvalue weighted by atomic mass is 16.5. The molecule has 0 saturated carbocycles. The lowest BCUT2D eigenvalue weighted by molar-refractivity contribution is 0.185. The summed E-state index contributed by atoms with van der Waals surface area (Å²) < 4.78 is 7.17. The second-order valence-corrected chi connectivity index (χ2v) is 4.39. The molecule has 0 aliphatic rings. The molecule has 0 radical (unpaired) electrons. The van der Waals surface area contributed by atoms with Crippen LogP contribution in [0.3, 0.4) is 0 Å². The summed E-state index contributed by atoms with van der Waals surface area (Å²) in [7, 11) is 1.71. The van der Waals surface area contributed by atoms with Crippen LogP contribution >= 0.6 is 0 Å². The van der Waals surface area contributed by atoms with Crippen LogP contribution < -0.4 is 5.32 Å². The molecule has 1 N–H and O–H groups in total. The largest absolute Gasteiger partial charge is 0.380 e. The van der Waals surface area contributed by atoms with Gasteiger partial charge < -0.3 is 14.6 Å². The molecule has 0 aliphatic heterocycles. The highest BCUT2D eigenvalue weighted by Crippen LogP contribution is 2.06. The van der Waals surface area contributed by atoms with E-state index in [2.05, 4.69) is 46.7 Å². The van der Waals surface area contributed by atoms with E-state index in [4.69, 9.17) is 4.74 Å². The van der Waals surface area contributed by atoms with E-state index in [1.165, 1.54) is 11.1 Å². The van der Waals surface area contributed by atoms with E-state index in [0.29, 0.717) is 6.61 Å². The zero-order chi connectivity index (χ0) is 13.5. The monoisotopic (exact) mass is 260 g/mol. The number of benzene rings is 1. The average molecular weight is 260 g/mol. The van der Waals surface area contributed by atoms with Crippen LogP contribution in [0, 0.1) is 0 Å². The van der Waals surface area contributed by atoms with Gasteiger partial charge in [0.25, 0.3) is 0 Å². The fourth-order valence-electron chi connectivity index (χ4n) is 1.99. The zero-order valence-corrected chi connectivity index (χ0v) is 11.5. The van der Waals surface area contributed by atoms with Crippen LogP contribution in [-0.4, -0.2) is 21.9 Å². The molecule has 5 heteroatoms. The van der Waals surface area contributed by atoms with Crippen LogP contribution in [0.15, 0.2) is 30.6 Å². The standard InChI is InChI=1S/C14H20N4O/c1-3-18-11-16-17-14(18)9-15-8-12-5-4-6-13(7-12)10-19-2/h4-7,11,15H,3,8-10H2,1-2H3. The molecule has 0 atom stereocenters. The van der Waals surface area contributed by atoms with Crippen molar-refractivity contribution in [2.45, 2.75) is 33.2 Å². The van der Waals surface area contributed by atoms with Gasteiger partial charge in [0.05, 0.1) is 13.2 Å². The minimum atomic E-state index is 0.651. The highest BCUT2D eigenvalue weighted by Gasteiger charge is 2.02. The second kappa shape index (κ2) is 7.01. The van der Waals surface area contributed by atoms with E-state index < -0.39 is 0 Å². The molecule has 102 valence electrons. The Kier molecular flexibility index (Phi) is 5.06. The van der Waals surface area contributed by atoms with Crippen LogP contribution in [0.5, 0.6) is 0 Å². The van der Waals surface area contributed by atoms with Gasteiger partial charge in [-0.2, -0.15) is 0 Å². The SMILES string of the molecule is CCn1cnnc1CNCc1cccc(COC)c1. The molecule has 2 rings (SSSR count). The van der Waals surface area contributed by atoms with Gasteiger partial charge in [-0.3, -0.25) is 0 Å². The summed E-state index contributed by atoms with van der Waals surface area (Å²) in [5.41, 5.74) is 2.44. The first kappa shape index (κ1) is 13.7. The molecule has 19 heavy (non-hydrogen) atoms. The Balaban J connectivity index is 1.87. The third-order valence-electron chi connectivity index (χ3n) is 2.95. The Morgan fingerprint density at radius 3 is 2.89 bits per heavy atom. The average Bonchev–Trinajstić information content (AvgIpc) is 2.87. The number of hydrogen-bond donors (Lipinski definition) is 1. The number of nitrogens with one attached hydrogen (secondary N) is 1. The van der Waals surface area contributed by atoms with Gasteiger partial charge in [-0.1, -0.05) is 24.3 Å². The number of nitrogens with zero attached hydrogens (tertiary/aromatic N) is 3. The van der Waals surface area contributed by atoms with Crippen molar-refractivity contribution in [1.82, 2.24) is 20.1 Å². The van der Waals surface area contributed by atoms with Crippen molar-refractivity contribution < 1.29 is 4.74 Å². The lowest BCUT2D eigenvalue weighted by Crippen LogP contribution is -2.16. The van der Waals surface area contributed by atoms with Gasteiger partial charge in [-0.15, -0.1) is 10.2 Å². The zero-order valence-electron chi connectivity index (χ0n) is 11.5. The third kappa shape index (κ3) is 3.87. The van der Waals surface area contributed by atoms with Crippen LogP contribution in [0.2, 0.25) is 0 Å². The van der Waals surface area contributed by atoms with Gasteiger partial charge in [-0.05, 0) is 18.1 Å². The lowest BCUT2D eigenvalue weighted by atomic mass is 10.1. The Labute approximate surface area is 113 Å². The fraction of sp³-hybridized carbons (Fsp3) is 0.429. The van der Waals surface area contributed by atoms with Crippen LogP contribution in [-0.2, 0) is 31.0 Å². The predicted molar refractivity (Wildman–Crippen MR) is 73.4 cm³/mol. The van der Waals surface area contributed by atoms with Crippen LogP contribution in [0.4, 0.5) is 0 Å². The van der Waals surface area contributed by atoms with Crippen molar-refractivity contribution in [3.05, 3.63) is 47.5 Å². The summed E-state index contributed by atoms with van der Waals surface area (Å²) >= 11 is 0. The number of methoxy groups -OCH3 is 1. The Hall–Kier alpha value is -1.72. The summed E-state index contributed by atoms with van der Waals surface area (Å²) in [5.74, 6) is 0.968. The molecule has 1 aromatic carbocycles. The minimum absolute atomic E-state index is 0.651. The van der Waals surface area contributed by atoms with Gasteiger partial charge in [0, 0.05) is 20.2 Å². The first-order chi connectivity index (χ1) is 9.33. The topological polar surface area (TPSA) is 52.0 Å². The molecule has 0 fully saturated rings. The van der Waals surface area contributed by atoms with Crippen molar-refractivity contribution in [2.24, 2.45) is 0 Å². The number of hydrogen-bond acceptors (Lipinski definition) is 4. The Bertz CT molecular complexity index is 510. The van der Waals surface area contributed by atoms with E-state index >= 15 is 0 Å². The maximum Gasteiger partial charge on any atom is 0.146 e. The summed E-state index contributed by atoms with van der Waals surface area (Å²) in [6.45, 7) is 5.17. The van der Waals surface area contributed by atoms with Gasteiger partial charge in [0.2, 0.25) is 0 Å². The van der Waals surface area contributed by atoms with Gasteiger partial charge in [0.1, 0.15) is 12.2 Å². The van der Waals surface area contributed by atoms with Crippen molar-refractivity contribution >= 4 is 0 Å². The van der Waals surface area contributed by atoms with Crippen LogP contribution in [0.1, 0.15) is 23.9 Å². The number of aromatic nitrogens is 3. The molecule has 5 nitrogen and oxygen atoms in total. The molecule has 0 spiro atoms. The molecule has 0 saturated heterocycles. The fourth-order valence-corrected chi connectivity index (χ4v) is 1.99. The van der Waals surface area contributed by atoms with Gasteiger partial charge in [-0.25, -0.2) is 0 Å². The second-order valence-electron chi connectivity index (χ2n) is 4.39. The normalized spacial score (nSPS) is 10.8. The third-order valence-corrected chi connectivity index (χ3v) is 2.95. The summed E-state index contributed by atoms with van der Waals surface area (Å²) in [6, 6.07) is 8.39. The molecule has 0 aliphatic carbocycles. The molecule has 1 aromatic heterocycles. The van der Waals surface area contributed by atoms with Crippen molar-refractivity contribution in [2.75, 3.05) is 7.11 Å². The Morgan fingerprint density at radius 1 is 1.26 bits per heavy atom. The number of aryl methyl sites for hydroxylation is 1. The summed E-state index contributed by atoms with van der Waals surface area (Å²) in [4.78, 5) is 0. The molecule has 2 aromatic rings. The summed E-state index contributed by atoms with van der Waals surface area (Å²) in [6.07, 6.45) is 1.76. The molecule has 0 amide bonds. The maximum atomic E-state index is 5.13. The highest BCUT2D eigenvalue weighted by molar-refractivity contribution is 5.22. The van der Waals surface area contributed by atoms with E-state index in [1.54, 1.807) is 13.4 Å². The van der Waals surface area contributed by atoms with Gasteiger partial charge >= 0.3 is 0 Å². The first-order valence-electron chi connectivity index (χ1n) is 6.47. The lowest BCUT2D eigenvalue weighted by Gasteiger charge is -2.07. The first-order valence-corrected chi connectivity index (χ1v) is 6.47. The number of rotatable bonds is 7. The number of ether oxygens (including phenoxy) is 1. The van der Waals surface area contributed by atoms with Crippen molar-refractivity contribution in [3.8, 4) is 0 Å². The quantitative estimate of drug-likeness (QED) is 0.824. The Morgan fingerprint density at radius 2 is 2.11 bits per heavy atom. The molecule has 0 bridgehead atoms. The molecule has 1 heterocycles.